The lowest BCUT2D eigenvalue weighted by Gasteiger charge is -2.04. The van der Waals surface area contributed by atoms with Gasteiger partial charge >= 0.3 is 6.18 Å². The van der Waals surface area contributed by atoms with Gasteiger partial charge in [-0.3, -0.25) is 0 Å². The zero-order valence-electron chi connectivity index (χ0n) is 6.95. The number of rotatable bonds is 1. The third-order valence-corrected chi connectivity index (χ3v) is 1.96. The SMILES string of the molecule is Fc1ccc(N=C(Cl)C(F)(F)F)c(Cl)c1. The van der Waals surface area contributed by atoms with Crippen molar-refractivity contribution in [2.45, 2.75) is 6.18 Å². The summed E-state index contributed by atoms with van der Waals surface area (Å²) in [6.07, 6.45) is -4.74. The second-order valence-electron chi connectivity index (χ2n) is 2.50. The summed E-state index contributed by atoms with van der Waals surface area (Å²) < 4.78 is 48.4. The molecule has 0 aliphatic carbocycles. The summed E-state index contributed by atoms with van der Waals surface area (Å²) in [5.74, 6) is -0.665. The molecule has 0 aliphatic rings. The first kappa shape index (κ1) is 12.3. The van der Waals surface area contributed by atoms with E-state index < -0.39 is 17.2 Å². The van der Waals surface area contributed by atoms with Crippen LogP contribution in [0.15, 0.2) is 23.2 Å². The first-order valence-corrected chi connectivity index (χ1v) is 4.33. The van der Waals surface area contributed by atoms with Crippen molar-refractivity contribution >= 4 is 34.1 Å². The van der Waals surface area contributed by atoms with E-state index in [-0.39, 0.29) is 10.7 Å². The summed E-state index contributed by atoms with van der Waals surface area (Å²) >= 11 is 10.3. The first-order valence-electron chi connectivity index (χ1n) is 3.57. The van der Waals surface area contributed by atoms with Gasteiger partial charge in [0.25, 0.3) is 0 Å². The molecule has 82 valence electrons. The van der Waals surface area contributed by atoms with Gasteiger partial charge < -0.3 is 0 Å². The molecule has 0 spiro atoms. The maximum absolute atomic E-state index is 12.5. The number of alkyl halides is 3. The first-order chi connectivity index (χ1) is 6.80. The number of halogens is 6. The minimum Gasteiger partial charge on any atom is -0.231 e. The molecule has 0 heterocycles. The van der Waals surface area contributed by atoms with Crippen LogP contribution < -0.4 is 0 Å². The van der Waals surface area contributed by atoms with Crippen LogP contribution in [0.5, 0.6) is 0 Å². The van der Waals surface area contributed by atoms with E-state index in [0.717, 1.165) is 18.2 Å². The van der Waals surface area contributed by atoms with Gasteiger partial charge in [-0.15, -0.1) is 0 Å². The van der Waals surface area contributed by atoms with Gasteiger partial charge in [-0.1, -0.05) is 23.2 Å². The van der Waals surface area contributed by atoms with E-state index in [9.17, 15) is 17.6 Å². The molecule has 0 N–H and O–H groups in total. The molecule has 7 heteroatoms. The highest BCUT2D eigenvalue weighted by molar-refractivity contribution is 6.67. The van der Waals surface area contributed by atoms with Crippen molar-refractivity contribution in [3.8, 4) is 0 Å². The third kappa shape index (κ3) is 3.35. The van der Waals surface area contributed by atoms with Crippen LogP contribution in [0, 0.1) is 5.82 Å². The molecule has 0 atom stereocenters. The average molecular weight is 260 g/mol. The van der Waals surface area contributed by atoms with Gasteiger partial charge in [0, 0.05) is 0 Å². The Balaban J connectivity index is 3.09. The van der Waals surface area contributed by atoms with Crippen LogP contribution in [0.1, 0.15) is 0 Å². The van der Waals surface area contributed by atoms with Gasteiger partial charge in [-0.2, -0.15) is 13.2 Å². The molecule has 15 heavy (non-hydrogen) atoms. The van der Waals surface area contributed by atoms with Gasteiger partial charge in [0.1, 0.15) is 5.82 Å². The lowest BCUT2D eigenvalue weighted by atomic mass is 10.3. The van der Waals surface area contributed by atoms with Crippen molar-refractivity contribution in [2.24, 2.45) is 4.99 Å². The molecule has 0 unspecified atom stereocenters. The van der Waals surface area contributed by atoms with Crippen LogP contribution >= 0.6 is 23.2 Å². The van der Waals surface area contributed by atoms with E-state index in [0.29, 0.717) is 0 Å². The standard InChI is InChI=1S/C8H3Cl2F4N/c9-5-3-4(11)1-2-6(5)15-7(10)8(12,13)14/h1-3H. The highest BCUT2D eigenvalue weighted by Gasteiger charge is 2.34. The molecule has 0 saturated carbocycles. The molecule has 1 nitrogen and oxygen atoms in total. The fraction of sp³-hybridized carbons (Fsp3) is 0.125. The van der Waals surface area contributed by atoms with E-state index in [1.54, 1.807) is 0 Å². The summed E-state index contributed by atoms with van der Waals surface area (Å²) in [6.45, 7) is 0. The quantitative estimate of drug-likeness (QED) is 0.527. The van der Waals surface area contributed by atoms with Gasteiger partial charge in [0.05, 0.1) is 10.7 Å². The van der Waals surface area contributed by atoms with Crippen LogP contribution in [0.25, 0.3) is 0 Å². The van der Waals surface area contributed by atoms with E-state index >= 15 is 0 Å². The molecule has 0 radical (unpaired) electrons. The second-order valence-corrected chi connectivity index (χ2v) is 3.26. The summed E-state index contributed by atoms with van der Waals surface area (Å²) in [5.41, 5.74) is -0.236. The van der Waals surface area contributed by atoms with Crippen LogP contribution in [-0.4, -0.2) is 11.3 Å². The number of hydrogen-bond donors (Lipinski definition) is 0. The zero-order valence-corrected chi connectivity index (χ0v) is 8.46. The summed E-state index contributed by atoms with van der Waals surface area (Å²) in [4.78, 5) is 3.03. The molecule has 0 aromatic heterocycles. The Hall–Kier alpha value is -0.810. The van der Waals surface area contributed by atoms with Crippen molar-refractivity contribution < 1.29 is 17.6 Å². The van der Waals surface area contributed by atoms with E-state index in [4.69, 9.17) is 23.2 Å². The predicted molar refractivity (Wildman–Crippen MR) is 50.4 cm³/mol. The molecule has 1 aromatic carbocycles. The maximum Gasteiger partial charge on any atom is 0.444 e. The molecule has 0 saturated heterocycles. The summed E-state index contributed by atoms with van der Waals surface area (Å²) in [6, 6.07) is 2.79. The summed E-state index contributed by atoms with van der Waals surface area (Å²) in [5, 5.41) is -1.80. The Bertz CT molecular complexity index is 400. The van der Waals surface area contributed by atoms with Crippen LogP contribution in [0.3, 0.4) is 0 Å². The number of benzene rings is 1. The molecule has 0 fully saturated rings. The average Bonchev–Trinajstić information content (AvgIpc) is 2.08. The fourth-order valence-electron chi connectivity index (χ4n) is 0.741. The fourth-order valence-corrected chi connectivity index (χ4v) is 1.04. The Morgan fingerprint density at radius 1 is 1.27 bits per heavy atom. The Kier molecular flexibility index (Phi) is 3.57. The van der Waals surface area contributed by atoms with Crippen molar-refractivity contribution in [2.75, 3.05) is 0 Å². The topological polar surface area (TPSA) is 12.4 Å². The lowest BCUT2D eigenvalue weighted by Crippen LogP contribution is -2.16. The Morgan fingerprint density at radius 3 is 2.33 bits per heavy atom. The van der Waals surface area contributed by atoms with Crippen molar-refractivity contribution in [3.63, 3.8) is 0 Å². The van der Waals surface area contributed by atoms with E-state index in [2.05, 4.69) is 4.99 Å². The number of hydrogen-bond acceptors (Lipinski definition) is 1. The second kappa shape index (κ2) is 4.37. The smallest absolute Gasteiger partial charge is 0.231 e. The monoisotopic (exact) mass is 259 g/mol. The lowest BCUT2D eigenvalue weighted by molar-refractivity contribution is -0.0558. The molecular weight excluding hydrogens is 257 g/mol. The van der Waals surface area contributed by atoms with Gasteiger partial charge in [0.15, 0.2) is 0 Å². The van der Waals surface area contributed by atoms with Gasteiger partial charge in [-0.05, 0) is 18.2 Å². The van der Waals surface area contributed by atoms with Crippen LogP contribution in [0.4, 0.5) is 23.2 Å². The maximum atomic E-state index is 12.5. The number of nitrogens with zero attached hydrogens (tertiary/aromatic N) is 1. The van der Waals surface area contributed by atoms with E-state index in [1.165, 1.54) is 0 Å². The van der Waals surface area contributed by atoms with Gasteiger partial charge in [0.2, 0.25) is 5.17 Å². The molecule has 1 rings (SSSR count). The molecular formula is C8H3Cl2F4N. The third-order valence-electron chi connectivity index (χ3n) is 1.36. The molecule has 1 aromatic rings. The van der Waals surface area contributed by atoms with Gasteiger partial charge in [-0.25, -0.2) is 9.38 Å². The summed E-state index contributed by atoms with van der Waals surface area (Å²) in [7, 11) is 0. The number of aliphatic imine (C=N–C) groups is 1. The highest BCUT2D eigenvalue weighted by atomic mass is 35.5. The minimum atomic E-state index is -4.74. The Labute approximate surface area is 92.3 Å². The highest BCUT2D eigenvalue weighted by Crippen LogP contribution is 2.29. The van der Waals surface area contributed by atoms with Crippen molar-refractivity contribution in [1.29, 1.82) is 0 Å². The zero-order chi connectivity index (χ0) is 11.6. The Morgan fingerprint density at radius 2 is 1.87 bits per heavy atom. The predicted octanol–water partition coefficient (Wildman–Crippen LogP) is 4.31. The molecule has 0 bridgehead atoms. The normalized spacial score (nSPS) is 13.1. The van der Waals surface area contributed by atoms with Crippen LogP contribution in [-0.2, 0) is 0 Å². The van der Waals surface area contributed by atoms with Crippen LogP contribution in [0.2, 0.25) is 5.02 Å². The molecule has 0 amide bonds. The van der Waals surface area contributed by atoms with E-state index in [1.807, 2.05) is 0 Å². The minimum absolute atomic E-state index is 0.236. The largest absolute Gasteiger partial charge is 0.444 e. The van der Waals surface area contributed by atoms with Crippen molar-refractivity contribution in [1.82, 2.24) is 0 Å². The molecule has 0 aliphatic heterocycles. The van der Waals surface area contributed by atoms with Crippen molar-refractivity contribution in [3.05, 3.63) is 29.0 Å².